The molecule has 5 nitrogen and oxygen atoms in total. The first-order valence-corrected chi connectivity index (χ1v) is 6.37. The molecule has 1 N–H and O–H groups in total. The van der Waals surface area contributed by atoms with Gasteiger partial charge in [-0.3, -0.25) is 0 Å². The van der Waals surface area contributed by atoms with E-state index in [4.69, 9.17) is 4.74 Å². The van der Waals surface area contributed by atoms with Crippen molar-refractivity contribution in [2.24, 2.45) is 0 Å². The summed E-state index contributed by atoms with van der Waals surface area (Å²) < 4.78 is 7.08. The van der Waals surface area contributed by atoms with Crippen LogP contribution in [0.5, 0.6) is 0 Å². The average molecular weight is 252 g/mol. The number of nitrogens with one attached hydrogen (secondary N) is 1. The zero-order chi connectivity index (χ0) is 12.1. The lowest BCUT2D eigenvalue weighted by Gasteiger charge is -2.07. The fourth-order valence-corrected chi connectivity index (χ4v) is 2.11. The van der Waals surface area contributed by atoms with Crippen molar-refractivity contribution in [2.45, 2.75) is 13.5 Å². The Morgan fingerprint density at radius 3 is 3.12 bits per heavy atom. The summed E-state index contributed by atoms with van der Waals surface area (Å²) in [6.07, 6.45) is 2.02. The molecule has 0 bridgehead atoms. The maximum Gasteiger partial charge on any atom is 0.203 e. The quantitative estimate of drug-likeness (QED) is 0.796. The van der Waals surface area contributed by atoms with Crippen LogP contribution < -0.4 is 5.32 Å². The van der Waals surface area contributed by atoms with Gasteiger partial charge in [-0.15, -0.1) is 11.3 Å². The van der Waals surface area contributed by atoms with E-state index in [-0.39, 0.29) is 0 Å². The highest BCUT2D eigenvalue weighted by molar-refractivity contribution is 7.07. The Morgan fingerprint density at radius 2 is 2.41 bits per heavy atom. The minimum atomic E-state index is 0.669. The Bertz CT molecular complexity index is 452. The Labute approximate surface area is 104 Å². The molecule has 0 aliphatic heterocycles. The van der Waals surface area contributed by atoms with E-state index in [2.05, 4.69) is 19.9 Å². The fourth-order valence-electron chi connectivity index (χ4n) is 1.56. The number of rotatable bonds is 6. The van der Waals surface area contributed by atoms with Crippen molar-refractivity contribution in [1.82, 2.24) is 14.5 Å². The number of nitrogens with zero attached hydrogens (tertiary/aromatic N) is 3. The van der Waals surface area contributed by atoms with E-state index >= 15 is 0 Å². The van der Waals surface area contributed by atoms with E-state index in [1.54, 1.807) is 18.4 Å². The van der Waals surface area contributed by atoms with Crippen LogP contribution in [0.2, 0.25) is 0 Å². The Hall–Kier alpha value is -1.40. The summed E-state index contributed by atoms with van der Waals surface area (Å²) in [6, 6.07) is 0. The largest absolute Gasteiger partial charge is 0.383 e. The molecule has 2 aromatic heterocycles. The highest BCUT2D eigenvalue weighted by atomic mass is 32.1. The first-order chi connectivity index (χ1) is 8.29. The van der Waals surface area contributed by atoms with E-state index < -0.39 is 0 Å². The lowest BCUT2D eigenvalue weighted by molar-refractivity contribution is 0.210. The number of thiazole rings is 1. The number of aryl methyl sites for hydroxylation is 1. The van der Waals surface area contributed by atoms with Gasteiger partial charge in [-0.2, -0.15) is 0 Å². The Morgan fingerprint density at radius 1 is 1.53 bits per heavy atom. The normalized spacial score (nSPS) is 10.7. The molecule has 2 aromatic rings. The molecule has 2 heterocycles. The number of hydrogen-bond acceptors (Lipinski definition) is 5. The number of anilines is 1. The van der Waals surface area contributed by atoms with Crippen LogP contribution in [-0.2, 0) is 11.3 Å². The lowest BCUT2D eigenvalue weighted by Crippen LogP contribution is -2.12. The molecule has 0 amide bonds. The van der Waals surface area contributed by atoms with Gasteiger partial charge in [0.05, 0.1) is 30.1 Å². The molecule has 6 heteroatoms. The van der Waals surface area contributed by atoms with Crippen LogP contribution in [0.15, 0.2) is 17.1 Å². The minimum Gasteiger partial charge on any atom is -0.383 e. The molecule has 0 aromatic carbocycles. The third-order valence-corrected chi connectivity index (χ3v) is 2.94. The highest BCUT2D eigenvalue weighted by Gasteiger charge is 2.06. The lowest BCUT2D eigenvalue weighted by atomic mass is 10.5. The van der Waals surface area contributed by atoms with Crippen LogP contribution in [0.1, 0.15) is 11.4 Å². The van der Waals surface area contributed by atoms with Crippen molar-refractivity contribution in [3.8, 4) is 0 Å². The third-order valence-electron chi connectivity index (χ3n) is 2.30. The molecule has 0 saturated heterocycles. The van der Waals surface area contributed by atoms with Gasteiger partial charge in [-0.05, 0) is 6.92 Å². The second kappa shape index (κ2) is 5.79. The molecular formula is C11H16N4OS. The van der Waals surface area contributed by atoms with Crippen LogP contribution in [0, 0.1) is 6.92 Å². The SMILES string of the molecule is COCCNc1nc(C)cn1Cc1cscn1. The molecule has 0 aliphatic carbocycles. The minimum absolute atomic E-state index is 0.669. The number of aromatic nitrogens is 3. The van der Waals surface area contributed by atoms with Gasteiger partial charge in [-0.25, -0.2) is 9.97 Å². The molecule has 0 radical (unpaired) electrons. The van der Waals surface area contributed by atoms with Gasteiger partial charge in [0.1, 0.15) is 0 Å². The fraction of sp³-hybridized carbons (Fsp3) is 0.455. The summed E-state index contributed by atoms with van der Waals surface area (Å²) in [6.45, 7) is 4.16. The third kappa shape index (κ3) is 3.28. The predicted octanol–water partition coefficient (Wildman–Crippen LogP) is 1.75. The second-order valence-electron chi connectivity index (χ2n) is 3.73. The predicted molar refractivity (Wildman–Crippen MR) is 68.5 cm³/mol. The van der Waals surface area contributed by atoms with Gasteiger partial charge < -0.3 is 14.6 Å². The van der Waals surface area contributed by atoms with Gasteiger partial charge in [0.2, 0.25) is 5.95 Å². The summed E-state index contributed by atoms with van der Waals surface area (Å²) in [4.78, 5) is 8.71. The van der Waals surface area contributed by atoms with Gasteiger partial charge in [0.25, 0.3) is 0 Å². The van der Waals surface area contributed by atoms with Crippen molar-refractivity contribution < 1.29 is 4.74 Å². The molecule has 0 spiro atoms. The van der Waals surface area contributed by atoms with E-state index in [1.807, 2.05) is 24.0 Å². The van der Waals surface area contributed by atoms with Crippen molar-refractivity contribution in [3.63, 3.8) is 0 Å². The molecule has 92 valence electrons. The Kier molecular flexibility index (Phi) is 4.11. The first kappa shape index (κ1) is 12.1. The van der Waals surface area contributed by atoms with Crippen LogP contribution >= 0.6 is 11.3 Å². The summed E-state index contributed by atoms with van der Waals surface area (Å²) in [5, 5.41) is 5.30. The first-order valence-electron chi connectivity index (χ1n) is 5.43. The monoisotopic (exact) mass is 252 g/mol. The van der Waals surface area contributed by atoms with E-state index in [0.717, 1.165) is 30.4 Å². The number of imidazole rings is 1. The number of methoxy groups -OCH3 is 1. The van der Waals surface area contributed by atoms with E-state index in [0.29, 0.717) is 6.61 Å². The molecule has 0 unspecified atom stereocenters. The van der Waals surface area contributed by atoms with Crippen molar-refractivity contribution in [1.29, 1.82) is 0 Å². The van der Waals surface area contributed by atoms with E-state index in [1.165, 1.54) is 0 Å². The maximum absolute atomic E-state index is 5.01. The second-order valence-corrected chi connectivity index (χ2v) is 4.45. The van der Waals surface area contributed by atoms with Crippen molar-refractivity contribution >= 4 is 17.3 Å². The molecule has 0 fully saturated rings. The van der Waals surface area contributed by atoms with Crippen molar-refractivity contribution in [2.75, 3.05) is 25.6 Å². The molecular weight excluding hydrogens is 236 g/mol. The van der Waals surface area contributed by atoms with Crippen LogP contribution in [0.3, 0.4) is 0 Å². The maximum atomic E-state index is 5.01. The van der Waals surface area contributed by atoms with Crippen LogP contribution in [-0.4, -0.2) is 34.8 Å². The van der Waals surface area contributed by atoms with Crippen molar-refractivity contribution in [3.05, 3.63) is 28.5 Å². The standard InChI is InChI=1S/C11H16N4OS/c1-9-5-15(6-10-7-17-8-13-10)11(14-9)12-3-4-16-2/h5,7-8H,3-4,6H2,1-2H3,(H,12,14). The zero-order valence-corrected chi connectivity index (χ0v) is 10.8. The molecule has 0 aliphatic rings. The van der Waals surface area contributed by atoms with Crippen LogP contribution in [0.25, 0.3) is 0 Å². The summed E-state index contributed by atoms with van der Waals surface area (Å²) in [5.41, 5.74) is 3.90. The molecule has 2 rings (SSSR count). The Balaban J connectivity index is 2.05. The van der Waals surface area contributed by atoms with Gasteiger partial charge in [0, 0.05) is 25.2 Å². The summed E-state index contributed by atoms with van der Waals surface area (Å²) >= 11 is 1.61. The molecule has 0 saturated carbocycles. The molecule has 17 heavy (non-hydrogen) atoms. The highest BCUT2D eigenvalue weighted by Crippen LogP contribution is 2.11. The smallest absolute Gasteiger partial charge is 0.203 e. The molecule has 0 atom stereocenters. The number of ether oxygens (including phenoxy) is 1. The topological polar surface area (TPSA) is 52.0 Å². The van der Waals surface area contributed by atoms with Crippen LogP contribution in [0.4, 0.5) is 5.95 Å². The summed E-state index contributed by atoms with van der Waals surface area (Å²) in [7, 11) is 1.69. The number of hydrogen-bond donors (Lipinski definition) is 1. The zero-order valence-electron chi connectivity index (χ0n) is 10.0. The van der Waals surface area contributed by atoms with E-state index in [9.17, 15) is 0 Å². The summed E-state index contributed by atoms with van der Waals surface area (Å²) in [5.74, 6) is 0.868. The van der Waals surface area contributed by atoms with Gasteiger partial charge in [0.15, 0.2) is 0 Å². The van der Waals surface area contributed by atoms with Gasteiger partial charge >= 0.3 is 0 Å². The average Bonchev–Trinajstić information content (AvgIpc) is 2.90. The van der Waals surface area contributed by atoms with Gasteiger partial charge in [-0.1, -0.05) is 0 Å².